The summed E-state index contributed by atoms with van der Waals surface area (Å²) in [6.45, 7) is 3.64. The summed E-state index contributed by atoms with van der Waals surface area (Å²) < 4.78 is 34.0. The number of ether oxygens (including phenoxy) is 1. The number of aryl methyl sites for hydroxylation is 1. The van der Waals surface area contributed by atoms with Crippen LogP contribution in [-0.4, -0.2) is 27.5 Å². The highest BCUT2D eigenvalue weighted by Gasteiger charge is 2.27. The molecule has 0 radical (unpaired) electrons. The molecule has 0 heterocycles. The molecule has 3 aromatic rings. The minimum atomic E-state index is -3.94. The Balaban J connectivity index is 1.85. The van der Waals surface area contributed by atoms with Crippen LogP contribution in [0.15, 0.2) is 83.8 Å². The Bertz CT molecular complexity index is 1150. The summed E-state index contributed by atoms with van der Waals surface area (Å²) in [5.74, 6) is 0.207. The summed E-state index contributed by atoms with van der Waals surface area (Å²) in [6.07, 6.45) is 0.225. The normalized spacial score (nSPS) is 13.2. The fraction of sp³-hybridized carbons (Fsp3) is 0.240. The number of amides is 1. The van der Waals surface area contributed by atoms with E-state index in [9.17, 15) is 13.2 Å². The maximum Gasteiger partial charge on any atom is 0.241 e. The predicted octanol–water partition coefficient (Wildman–Crippen LogP) is 3.77. The summed E-state index contributed by atoms with van der Waals surface area (Å²) in [5.41, 5.74) is 2.48. The number of sulfonamides is 1. The first-order chi connectivity index (χ1) is 15.3. The Kier molecular flexibility index (Phi) is 7.66. The van der Waals surface area contributed by atoms with Crippen LogP contribution in [0.2, 0.25) is 0 Å². The van der Waals surface area contributed by atoms with Gasteiger partial charge in [0.2, 0.25) is 15.9 Å². The Labute approximate surface area is 189 Å². The molecule has 32 heavy (non-hydrogen) atoms. The van der Waals surface area contributed by atoms with Crippen molar-refractivity contribution in [2.45, 2.75) is 37.2 Å². The van der Waals surface area contributed by atoms with Crippen LogP contribution in [0.25, 0.3) is 0 Å². The molecule has 0 saturated carbocycles. The zero-order valence-electron chi connectivity index (χ0n) is 18.4. The van der Waals surface area contributed by atoms with Crippen LogP contribution in [-0.2, 0) is 21.2 Å². The molecule has 6 nitrogen and oxygen atoms in total. The molecule has 2 N–H and O–H groups in total. The summed E-state index contributed by atoms with van der Waals surface area (Å²) >= 11 is 0. The van der Waals surface area contributed by atoms with Crippen molar-refractivity contribution in [3.8, 4) is 5.75 Å². The van der Waals surface area contributed by atoms with Crippen molar-refractivity contribution in [3.63, 3.8) is 0 Å². The SMILES string of the molecule is COc1ccc(S(=O)(=O)N[C@H](Cc2ccccc2)C(=O)N[C@H](C)c2ccccc2)cc1C. The van der Waals surface area contributed by atoms with E-state index in [4.69, 9.17) is 4.74 Å². The van der Waals surface area contributed by atoms with Crippen LogP contribution >= 0.6 is 0 Å². The molecule has 0 saturated heterocycles. The highest BCUT2D eigenvalue weighted by Crippen LogP contribution is 2.22. The molecule has 7 heteroatoms. The fourth-order valence-electron chi connectivity index (χ4n) is 3.45. The molecule has 0 bridgehead atoms. The minimum absolute atomic E-state index is 0.0813. The molecule has 3 aromatic carbocycles. The fourth-order valence-corrected chi connectivity index (χ4v) is 4.73. The van der Waals surface area contributed by atoms with Gasteiger partial charge in [-0.15, -0.1) is 0 Å². The molecule has 0 spiro atoms. The van der Waals surface area contributed by atoms with Crippen LogP contribution in [0.3, 0.4) is 0 Å². The molecule has 1 amide bonds. The van der Waals surface area contributed by atoms with Crippen LogP contribution in [0.5, 0.6) is 5.75 Å². The van der Waals surface area contributed by atoms with Crippen molar-refractivity contribution in [3.05, 3.63) is 95.6 Å². The Hall–Kier alpha value is -3.16. The topological polar surface area (TPSA) is 84.5 Å². The molecule has 0 aliphatic heterocycles. The lowest BCUT2D eigenvalue weighted by Crippen LogP contribution is -2.48. The number of nitrogens with one attached hydrogen (secondary N) is 2. The van der Waals surface area contributed by atoms with E-state index in [1.165, 1.54) is 19.2 Å². The van der Waals surface area contributed by atoms with Gasteiger partial charge in [-0.2, -0.15) is 4.72 Å². The van der Waals surface area contributed by atoms with Gasteiger partial charge in [0.25, 0.3) is 0 Å². The molecule has 0 aliphatic rings. The van der Waals surface area contributed by atoms with Crippen molar-refractivity contribution < 1.29 is 17.9 Å². The highest BCUT2D eigenvalue weighted by atomic mass is 32.2. The lowest BCUT2D eigenvalue weighted by atomic mass is 10.0. The number of carbonyl (C=O) groups is 1. The third kappa shape index (κ3) is 5.96. The molecule has 2 atom stereocenters. The van der Waals surface area contributed by atoms with Crippen LogP contribution in [0.1, 0.15) is 29.7 Å². The van der Waals surface area contributed by atoms with Crippen molar-refractivity contribution >= 4 is 15.9 Å². The Morgan fingerprint density at radius 2 is 1.59 bits per heavy atom. The molecule has 168 valence electrons. The van der Waals surface area contributed by atoms with Gasteiger partial charge in [0.15, 0.2) is 0 Å². The molecule has 0 fully saturated rings. The molecule has 0 aromatic heterocycles. The number of hydrogen-bond donors (Lipinski definition) is 2. The van der Waals surface area contributed by atoms with E-state index in [-0.39, 0.29) is 23.3 Å². The summed E-state index contributed by atoms with van der Waals surface area (Å²) in [5, 5.41) is 2.93. The van der Waals surface area contributed by atoms with Crippen LogP contribution < -0.4 is 14.8 Å². The third-order valence-corrected chi connectivity index (χ3v) is 6.70. The molecule has 0 unspecified atom stereocenters. The monoisotopic (exact) mass is 452 g/mol. The second-order valence-electron chi connectivity index (χ2n) is 7.64. The average Bonchev–Trinajstić information content (AvgIpc) is 2.79. The largest absolute Gasteiger partial charge is 0.496 e. The highest BCUT2D eigenvalue weighted by molar-refractivity contribution is 7.89. The number of hydrogen-bond acceptors (Lipinski definition) is 4. The Morgan fingerprint density at radius 3 is 2.19 bits per heavy atom. The number of benzene rings is 3. The lowest BCUT2D eigenvalue weighted by Gasteiger charge is -2.22. The van der Waals surface area contributed by atoms with Crippen LogP contribution in [0.4, 0.5) is 0 Å². The van der Waals surface area contributed by atoms with E-state index in [2.05, 4.69) is 10.0 Å². The van der Waals surface area contributed by atoms with Crippen molar-refractivity contribution in [2.75, 3.05) is 7.11 Å². The Morgan fingerprint density at radius 1 is 0.969 bits per heavy atom. The van der Waals surface area contributed by atoms with E-state index in [0.29, 0.717) is 11.3 Å². The third-order valence-electron chi connectivity index (χ3n) is 5.23. The second-order valence-corrected chi connectivity index (χ2v) is 9.35. The van der Waals surface area contributed by atoms with Gasteiger partial charge in [-0.1, -0.05) is 60.7 Å². The van der Waals surface area contributed by atoms with Gasteiger partial charge >= 0.3 is 0 Å². The first-order valence-electron chi connectivity index (χ1n) is 10.4. The second kappa shape index (κ2) is 10.4. The van der Waals surface area contributed by atoms with Gasteiger partial charge in [-0.25, -0.2) is 8.42 Å². The first kappa shape index (κ1) is 23.5. The zero-order chi connectivity index (χ0) is 23.1. The maximum atomic E-state index is 13.1. The van der Waals surface area contributed by atoms with Gasteiger partial charge in [0.1, 0.15) is 11.8 Å². The van der Waals surface area contributed by atoms with Gasteiger partial charge in [0, 0.05) is 0 Å². The summed E-state index contributed by atoms with van der Waals surface area (Å²) in [4.78, 5) is 13.2. The standard InChI is InChI=1S/C25H28N2O4S/c1-18-16-22(14-15-24(18)31-3)32(29,30)27-23(17-20-10-6-4-7-11-20)25(28)26-19(2)21-12-8-5-9-13-21/h4-16,19,23,27H,17H2,1-3H3,(H,26,28)/t19-,23-/m1/s1. The van der Waals surface area contributed by atoms with Crippen molar-refractivity contribution in [1.29, 1.82) is 0 Å². The zero-order valence-corrected chi connectivity index (χ0v) is 19.2. The first-order valence-corrected chi connectivity index (χ1v) is 11.8. The van der Waals surface area contributed by atoms with Gasteiger partial charge in [0.05, 0.1) is 18.0 Å². The van der Waals surface area contributed by atoms with E-state index in [0.717, 1.165) is 11.1 Å². The molecular weight excluding hydrogens is 424 g/mol. The maximum absolute atomic E-state index is 13.1. The average molecular weight is 453 g/mol. The number of carbonyl (C=O) groups excluding carboxylic acids is 1. The van der Waals surface area contributed by atoms with E-state index in [1.54, 1.807) is 13.0 Å². The van der Waals surface area contributed by atoms with E-state index in [1.807, 2.05) is 67.6 Å². The predicted molar refractivity (Wildman–Crippen MR) is 125 cm³/mol. The van der Waals surface area contributed by atoms with Crippen LogP contribution in [0, 0.1) is 6.92 Å². The molecular formula is C25H28N2O4S. The van der Waals surface area contributed by atoms with Gasteiger partial charge in [-0.05, 0) is 55.2 Å². The van der Waals surface area contributed by atoms with E-state index < -0.39 is 16.1 Å². The smallest absolute Gasteiger partial charge is 0.241 e. The van der Waals surface area contributed by atoms with Crippen molar-refractivity contribution in [1.82, 2.24) is 10.0 Å². The lowest BCUT2D eigenvalue weighted by molar-refractivity contribution is -0.123. The quantitative estimate of drug-likeness (QED) is 0.518. The van der Waals surface area contributed by atoms with E-state index >= 15 is 0 Å². The molecule has 0 aliphatic carbocycles. The summed E-state index contributed by atoms with van der Waals surface area (Å²) in [6, 6.07) is 22.2. The number of rotatable bonds is 9. The van der Waals surface area contributed by atoms with Gasteiger partial charge in [-0.3, -0.25) is 4.79 Å². The number of methoxy groups -OCH3 is 1. The van der Waals surface area contributed by atoms with Gasteiger partial charge < -0.3 is 10.1 Å². The minimum Gasteiger partial charge on any atom is -0.496 e. The summed E-state index contributed by atoms with van der Waals surface area (Å²) in [7, 11) is -2.41. The molecule has 3 rings (SSSR count). The van der Waals surface area contributed by atoms with Crippen molar-refractivity contribution in [2.24, 2.45) is 0 Å².